The first-order chi connectivity index (χ1) is 10.9. The molecular weight excluding hydrogens is 348 g/mol. The Kier molecular flexibility index (Phi) is 5.89. The van der Waals surface area contributed by atoms with Crippen molar-refractivity contribution in [3.8, 4) is 0 Å². The molecular formula is C16H32O6SSi. The molecule has 0 radical (unpaired) electrons. The fourth-order valence-electron chi connectivity index (χ4n) is 3.15. The SMILES string of the molecule is CC(C)(C)[Si](C)(C)OC[C@@H]1CCC2(OCCO2)[C@H]1COS(C)(=O)=O. The van der Waals surface area contributed by atoms with Crippen molar-refractivity contribution in [3.05, 3.63) is 0 Å². The van der Waals surface area contributed by atoms with Gasteiger partial charge in [-0.25, -0.2) is 0 Å². The summed E-state index contributed by atoms with van der Waals surface area (Å²) in [4.78, 5) is 0. The van der Waals surface area contributed by atoms with E-state index in [-0.39, 0.29) is 23.5 Å². The average molecular weight is 381 g/mol. The Bertz CT molecular complexity index is 533. The van der Waals surface area contributed by atoms with Crippen molar-refractivity contribution in [1.82, 2.24) is 0 Å². The van der Waals surface area contributed by atoms with E-state index in [1.54, 1.807) is 0 Å². The molecule has 8 heteroatoms. The Labute approximate surface area is 147 Å². The van der Waals surface area contributed by atoms with Gasteiger partial charge in [0.25, 0.3) is 10.1 Å². The first kappa shape index (κ1) is 20.3. The quantitative estimate of drug-likeness (QED) is 0.521. The van der Waals surface area contributed by atoms with E-state index < -0.39 is 24.2 Å². The standard InChI is InChI=1S/C16H32O6SSi/c1-15(2,3)24(5,6)22-11-13-7-8-16(19-9-10-20-16)14(13)12-21-23(4,17)18/h13-14H,7-12H2,1-6H3/t13-,14-/m0/s1. The first-order valence-electron chi connectivity index (χ1n) is 8.63. The van der Waals surface area contributed by atoms with E-state index in [2.05, 4.69) is 33.9 Å². The maximum absolute atomic E-state index is 11.4. The molecule has 1 heterocycles. The molecule has 2 fully saturated rings. The van der Waals surface area contributed by atoms with Crippen molar-refractivity contribution in [2.24, 2.45) is 11.8 Å². The fourth-order valence-corrected chi connectivity index (χ4v) is 4.61. The molecule has 6 nitrogen and oxygen atoms in total. The summed E-state index contributed by atoms with van der Waals surface area (Å²) < 4.78 is 46.0. The second-order valence-corrected chi connectivity index (χ2v) is 14.9. The van der Waals surface area contributed by atoms with Crippen molar-refractivity contribution in [3.63, 3.8) is 0 Å². The van der Waals surface area contributed by atoms with Crippen LogP contribution in [0.4, 0.5) is 0 Å². The summed E-state index contributed by atoms with van der Waals surface area (Å²) in [5.74, 6) is -0.648. The maximum Gasteiger partial charge on any atom is 0.264 e. The summed E-state index contributed by atoms with van der Waals surface area (Å²) in [6, 6.07) is 0. The van der Waals surface area contributed by atoms with E-state index in [0.29, 0.717) is 19.8 Å². The summed E-state index contributed by atoms with van der Waals surface area (Å²) in [6.45, 7) is 12.9. The molecule has 24 heavy (non-hydrogen) atoms. The highest BCUT2D eigenvalue weighted by atomic mass is 32.2. The van der Waals surface area contributed by atoms with E-state index >= 15 is 0 Å². The zero-order chi connectivity index (χ0) is 18.2. The molecule has 1 saturated heterocycles. The molecule has 142 valence electrons. The summed E-state index contributed by atoms with van der Waals surface area (Å²) >= 11 is 0. The highest BCUT2D eigenvalue weighted by Gasteiger charge is 2.53. The van der Waals surface area contributed by atoms with Crippen LogP contribution in [0.1, 0.15) is 33.6 Å². The van der Waals surface area contributed by atoms with Crippen molar-refractivity contribution in [1.29, 1.82) is 0 Å². The van der Waals surface area contributed by atoms with Crippen LogP contribution in [-0.2, 0) is 28.2 Å². The van der Waals surface area contributed by atoms with Crippen LogP contribution in [0.25, 0.3) is 0 Å². The average Bonchev–Trinajstić information content (AvgIpc) is 3.01. The highest BCUT2D eigenvalue weighted by Crippen LogP contribution is 2.47. The van der Waals surface area contributed by atoms with Crippen LogP contribution < -0.4 is 0 Å². The van der Waals surface area contributed by atoms with Gasteiger partial charge in [0.1, 0.15) is 0 Å². The number of rotatable bonds is 6. The Morgan fingerprint density at radius 1 is 1.17 bits per heavy atom. The molecule has 0 aromatic rings. The van der Waals surface area contributed by atoms with E-state index in [4.69, 9.17) is 18.1 Å². The van der Waals surface area contributed by atoms with Gasteiger partial charge in [-0.3, -0.25) is 4.18 Å². The third kappa shape index (κ3) is 4.59. The Balaban J connectivity index is 2.07. The van der Waals surface area contributed by atoms with Crippen LogP contribution >= 0.6 is 0 Å². The molecule has 0 bridgehead atoms. The minimum Gasteiger partial charge on any atom is -0.417 e. The van der Waals surface area contributed by atoms with Crippen molar-refractivity contribution >= 4 is 18.4 Å². The molecule has 0 aromatic heterocycles. The zero-order valence-electron chi connectivity index (χ0n) is 15.8. The highest BCUT2D eigenvalue weighted by molar-refractivity contribution is 7.85. The van der Waals surface area contributed by atoms with Crippen LogP contribution in [0, 0.1) is 11.8 Å². The van der Waals surface area contributed by atoms with Gasteiger partial charge < -0.3 is 13.9 Å². The lowest BCUT2D eigenvalue weighted by Gasteiger charge is -2.38. The van der Waals surface area contributed by atoms with Gasteiger partial charge in [0, 0.05) is 18.9 Å². The van der Waals surface area contributed by atoms with Gasteiger partial charge in [0.05, 0.1) is 26.1 Å². The number of hydrogen-bond acceptors (Lipinski definition) is 6. The molecule has 0 aromatic carbocycles. The van der Waals surface area contributed by atoms with Gasteiger partial charge in [0.2, 0.25) is 0 Å². The minimum absolute atomic E-state index is 0.0877. The molecule has 1 aliphatic heterocycles. The first-order valence-corrected chi connectivity index (χ1v) is 13.4. The second kappa shape index (κ2) is 6.96. The molecule has 1 aliphatic carbocycles. The van der Waals surface area contributed by atoms with Gasteiger partial charge in [0.15, 0.2) is 14.1 Å². The largest absolute Gasteiger partial charge is 0.417 e. The van der Waals surface area contributed by atoms with Gasteiger partial charge in [-0.2, -0.15) is 8.42 Å². The minimum atomic E-state index is -3.49. The van der Waals surface area contributed by atoms with E-state index in [9.17, 15) is 8.42 Å². The third-order valence-electron chi connectivity index (χ3n) is 5.70. The smallest absolute Gasteiger partial charge is 0.264 e. The molecule has 1 saturated carbocycles. The topological polar surface area (TPSA) is 71.1 Å². The van der Waals surface area contributed by atoms with E-state index in [0.717, 1.165) is 19.1 Å². The molecule has 1 spiro atoms. The fraction of sp³-hybridized carbons (Fsp3) is 1.00. The second-order valence-electron chi connectivity index (χ2n) is 8.47. The van der Waals surface area contributed by atoms with Crippen molar-refractivity contribution in [2.75, 3.05) is 32.7 Å². The lowest BCUT2D eigenvalue weighted by molar-refractivity contribution is -0.192. The summed E-state index contributed by atoms with van der Waals surface area (Å²) in [5.41, 5.74) is 0. The van der Waals surface area contributed by atoms with E-state index in [1.165, 1.54) is 0 Å². The lowest BCUT2D eigenvalue weighted by atomic mass is 9.94. The third-order valence-corrected chi connectivity index (χ3v) is 10.8. The summed E-state index contributed by atoms with van der Waals surface area (Å²) in [6.07, 6.45) is 2.73. The molecule has 2 rings (SSSR count). The Morgan fingerprint density at radius 2 is 1.75 bits per heavy atom. The number of hydrogen-bond donors (Lipinski definition) is 0. The molecule has 0 unspecified atom stereocenters. The predicted molar refractivity (Wildman–Crippen MR) is 94.8 cm³/mol. The van der Waals surface area contributed by atoms with Crippen LogP contribution in [-0.4, -0.2) is 55.2 Å². The van der Waals surface area contributed by atoms with Gasteiger partial charge >= 0.3 is 0 Å². The number of ether oxygens (including phenoxy) is 2. The molecule has 0 amide bonds. The van der Waals surface area contributed by atoms with Gasteiger partial charge in [-0.1, -0.05) is 20.8 Å². The molecule has 2 aliphatic rings. The van der Waals surface area contributed by atoms with Crippen molar-refractivity contribution < 1.29 is 26.5 Å². The monoisotopic (exact) mass is 380 g/mol. The normalized spacial score (nSPS) is 27.9. The lowest BCUT2D eigenvalue weighted by Crippen LogP contribution is -2.44. The van der Waals surface area contributed by atoms with Crippen molar-refractivity contribution in [2.45, 2.75) is 57.5 Å². The van der Waals surface area contributed by atoms with Crippen LogP contribution in [0.3, 0.4) is 0 Å². The van der Waals surface area contributed by atoms with E-state index in [1.807, 2.05) is 0 Å². The summed E-state index contributed by atoms with van der Waals surface area (Å²) in [7, 11) is -5.34. The predicted octanol–water partition coefficient (Wildman–Crippen LogP) is 2.75. The van der Waals surface area contributed by atoms with Gasteiger partial charge in [-0.15, -0.1) is 0 Å². The Hall–Kier alpha value is 0.00688. The maximum atomic E-state index is 11.4. The summed E-state index contributed by atoms with van der Waals surface area (Å²) in [5, 5.41) is 0.141. The van der Waals surface area contributed by atoms with Crippen LogP contribution in [0.2, 0.25) is 18.1 Å². The molecule has 2 atom stereocenters. The van der Waals surface area contributed by atoms with Gasteiger partial charge in [-0.05, 0) is 30.5 Å². The Morgan fingerprint density at radius 3 is 2.25 bits per heavy atom. The van der Waals surface area contributed by atoms with Crippen LogP contribution in [0.15, 0.2) is 0 Å². The van der Waals surface area contributed by atoms with Crippen LogP contribution in [0.5, 0.6) is 0 Å². The molecule has 0 N–H and O–H groups in total. The zero-order valence-corrected chi connectivity index (χ0v) is 17.6.